The Kier molecular flexibility index (Phi) is 2.45. The van der Waals surface area contributed by atoms with Gasteiger partial charge in [-0.3, -0.25) is 4.79 Å². The van der Waals surface area contributed by atoms with Crippen LogP contribution >= 0.6 is 0 Å². The summed E-state index contributed by atoms with van der Waals surface area (Å²) in [6, 6.07) is 0. The van der Waals surface area contributed by atoms with Gasteiger partial charge < -0.3 is 4.90 Å². The molecular formula is C10H17NO. The van der Waals surface area contributed by atoms with Crippen molar-refractivity contribution < 1.29 is 4.79 Å². The highest BCUT2D eigenvalue weighted by Gasteiger charge is 2.26. The second kappa shape index (κ2) is 3.56. The van der Waals surface area contributed by atoms with E-state index in [-0.39, 0.29) is 0 Å². The highest BCUT2D eigenvalue weighted by Crippen LogP contribution is 2.23. The van der Waals surface area contributed by atoms with Gasteiger partial charge in [-0.2, -0.15) is 0 Å². The van der Waals surface area contributed by atoms with Gasteiger partial charge in [0.2, 0.25) is 0 Å². The second-order valence-corrected chi connectivity index (χ2v) is 4.06. The Morgan fingerprint density at radius 1 is 1.25 bits per heavy atom. The van der Waals surface area contributed by atoms with Gasteiger partial charge in [-0.1, -0.05) is 0 Å². The lowest BCUT2D eigenvalue weighted by Crippen LogP contribution is -2.28. The van der Waals surface area contributed by atoms with E-state index in [2.05, 4.69) is 4.90 Å². The largest absolute Gasteiger partial charge is 0.303 e. The number of carbonyl (C=O) groups is 1. The van der Waals surface area contributed by atoms with Crippen LogP contribution in [0.4, 0.5) is 0 Å². The fourth-order valence-electron chi connectivity index (χ4n) is 2.36. The van der Waals surface area contributed by atoms with Crippen molar-refractivity contribution in [3.05, 3.63) is 0 Å². The van der Waals surface area contributed by atoms with E-state index in [0.717, 1.165) is 25.8 Å². The molecule has 1 heterocycles. The molecule has 2 fully saturated rings. The zero-order chi connectivity index (χ0) is 8.39. The number of hydrogen-bond acceptors (Lipinski definition) is 2. The van der Waals surface area contributed by atoms with Gasteiger partial charge in [-0.15, -0.1) is 0 Å². The Hall–Kier alpha value is -0.370. The first-order valence-corrected chi connectivity index (χ1v) is 5.11. The predicted molar refractivity (Wildman–Crippen MR) is 48.0 cm³/mol. The van der Waals surface area contributed by atoms with Gasteiger partial charge in [0.1, 0.15) is 5.78 Å². The summed E-state index contributed by atoms with van der Waals surface area (Å²) >= 11 is 0. The van der Waals surface area contributed by atoms with Crippen molar-refractivity contribution >= 4 is 5.78 Å². The number of nitrogens with zero attached hydrogens (tertiary/aromatic N) is 1. The molecule has 0 aromatic rings. The average molecular weight is 167 g/mol. The van der Waals surface area contributed by atoms with Crippen LogP contribution in [0.25, 0.3) is 0 Å². The Morgan fingerprint density at radius 2 is 2.00 bits per heavy atom. The van der Waals surface area contributed by atoms with Crippen LogP contribution in [-0.2, 0) is 4.79 Å². The maximum atomic E-state index is 11.3. The summed E-state index contributed by atoms with van der Waals surface area (Å²) in [5.74, 6) is 0.907. The lowest BCUT2D eigenvalue weighted by atomic mass is 10.1. The van der Waals surface area contributed by atoms with E-state index in [1.54, 1.807) is 0 Å². The fraction of sp³-hybridized carbons (Fsp3) is 0.900. The minimum absolute atomic E-state index is 0.392. The highest BCUT2D eigenvalue weighted by molar-refractivity contribution is 5.83. The molecule has 0 bridgehead atoms. The first kappa shape index (κ1) is 8.24. The molecule has 68 valence electrons. The van der Waals surface area contributed by atoms with Gasteiger partial charge in [0.05, 0.1) is 0 Å². The number of rotatable bonds is 2. The number of hydrogen-bond donors (Lipinski definition) is 0. The van der Waals surface area contributed by atoms with Crippen molar-refractivity contribution in [3.63, 3.8) is 0 Å². The van der Waals surface area contributed by atoms with Crippen molar-refractivity contribution in [2.24, 2.45) is 5.92 Å². The van der Waals surface area contributed by atoms with Gasteiger partial charge in [-0.25, -0.2) is 0 Å². The number of likely N-dealkylation sites (tertiary alicyclic amines) is 1. The Bertz CT molecular complexity index is 173. The summed E-state index contributed by atoms with van der Waals surface area (Å²) in [7, 11) is 0. The van der Waals surface area contributed by atoms with E-state index in [9.17, 15) is 4.79 Å². The molecule has 2 rings (SSSR count). The van der Waals surface area contributed by atoms with E-state index in [4.69, 9.17) is 0 Å². The zero-order valence-corrected chi connectivity index (χ0v) is 7.59. The quantitative estimate of drug-likeness (QED) is 0.620. The Balaban J connectivity index is 1.81. The molecule has 12 heavy (non-hydrogen) atoms. The molecule has 1 saturated carbocycles. The monoisotopic (exact) mass is 167 g/mol. The number of carbonyl (C=O) groups excluding carboxylic acids is 1. The molecule has 0 radical (unpaired) electrons. The zero-order valence-electron chi connectivity index (χ0n) is 7.59. The SMILES string of the molecule is O=C1CCC[C@@H]1CN1CCCC1. The topological polar surface area (TPSA) is 20.3 Å². The maximum absolute atomic E-state index is 11.3. The van der Waals surface area contributed by atoms with Crippen LogP contribution in [-0.4, -0.2) is 30.3 Å². The minimum Gasteiger partial charge on any atom is -0.303 e. The van der Waals surface area contributed by atoms with E-state index >= 15 is 0 Å². The highest BCUT2D eigenvalue weighted by atomic mass is 16.1. The first-order valence-electron chi connectivity index (χ1n) is 5.11. The van der Waals surface area contributed by atoms with Crippen LogP contribution in [0.3, 0.4) is 0 Å². The molecule has 0 aromatic carbocycles. The van der Waals surface area contributed by atoms with Crippen LogP contribution < -0.4 is 0 Å². The van der Waals surface area contributed by atoms with Crippen LogP contribution in [0.1, 0.15) is 32.1 Å². The molecule has 0 aromatic heterocycles. The summed E-state index contributed by atoms with van der Waals surface area (Å²) in [5.41, 5.74) is 0. The summed E-state index contributed by atoms with van der Waals surface area (Å²) < 4.78 is 0. The van der Waals surface area contributed by atoms with Crippen molar-refractivity contribution in [1.29, 1.82) is 0 Å². The summed E-state index contributed by atoms with van der Waals surface area (Å²) in [6.07, 6.45) is 5.80. The van der Waals surface area contributed by atoms with E-state index < -0.39 is 0 Å². The van der Waals surface area contributed by atoms with Crippen LogP contribution in [0.5, 0.6) is 0 Å². The fourth-order valence-corrected chi connectivity index (χ4v) is 2.36. The predicted octanol–water partition coefficient (Wildman–Crippen LogP) is 1.45. The van der Waals surface area contributed by atoms with E-state index in [1.807, 2.05) is 0 Å². The molecule has 0 amide bonds. The lowest BCUT2D eigenvalue weighted by Gasteiger charge is -2.18. The van der Waals surface area contributed by atoms with Crippen LogP contribution in [0.2, 0.25) is 0 Å². The van der Waals surface area contributed by atoms with Gasteiger partial charge >= 0.3 is 0 Å². The molecule has 1 atom stereocenters. The van der Waals surface area contributed by atoms with Gasteiger partial charge in [0, 0.05) is 18.9 Å². The van der Waals surface area contributed by atoms with Gasteiger partial charge in [0.15, 0.2) is 0 Å². The smallest absolute Gasteiger partial charge is 0.137 e. The third kappa shape index (κ3) is 1.69. The van der Waals surface area contributed by atoms with Crippen molar-refractivity contribution in [2.75, 3.05) is 19.6 Å². The average Bonchev–Trinajstić information content (AvgIpc) is 2.65. The minimum atomic E-state index is 0.392. The van der Waals surface area contributed by atoms with Crippen molar-refractivity contribution in [2.45, 2.75) is 32.1 Å². The van der Waals surface area contributed by atoms with Crippen LogP contribution in [0, 0.1) is 5.92 Å². The molecule has 2 heteroatoms. The lowest BCUT2D eigenvalue weighted by molar-refractivity contribution is -0.121. The second-order valence-electron chi connectivity index (χ2n) is 4.06. The third-order valence-corrected chi connectivity index (χ3v) is 3.11. The summed E-state index contributed by atoms with van der Waals surface area (Å²) in [4.78, 5) is 13.8. The summed E-state index contributed by atoms with van der Waals surface area (Å²) in [6.45, 7) is 3.51. The van der Waals surface area contributed by atoms with Gasteiger partial charge in [-0.05, 0) is 38.8 Å². The molecule has 0 spiro atoms. The molecule has 2 nitrogen and oxygen atoms in total. The molecule has 1 saturated heterocycles. The van der Waals surface area contributed by atoms with E-state index in [1.165, 1.54) is 25.9 Å². The third-order valence-electron chi connectivity index (χ3n) is 3.11. The van der Waals surface area contributed by atoms with Gasteiger partial charge in [0.25, 0.3) is 0 Å². The maximum Gasteiger partial charge on any atom is 0.137 e. The molecule has 2 aliphatic rings. The van der Waals surface area contributed by atoms with Crippen molar-refractivity contribution in [3.8, 4) is 0 Å². The van der Waals surface area contributed by atoms with E-state index in [0.29, 0.717) is 11.7 Å². The molecule has 0 unspecified atom stereocenters. The number of Topliss-reactive ketones (excluding diaryl/α,β-unsaturated/α-hetero) is 1. The Morgan fingerprint density at radius 3 is 2.58 bits per heavy atom. The van der Waals surface area contributed by atoms with Crippen LogP contribution in [0.15, 0.2) is 0 Å². The Labute approximate surface area is 73.9 Å². The standard InChI is InChI=1S/C10H17NO/c12-10-5-3-4-9(10)8-11-6-1-2-7-11/h9H,1-8H2/t9-/m1/s1. The molecule has 1 aliphatic heterocycles. The van der Waals surface area contributed by atoms with Crippen molar-refractivity contribution in [1.82, 2.24) is 4.90 Å². The molecular weight excluding hydrogens is 150 g/mol. The normalized spacial score (nSPS) is 31.7. The molecule has 0 N–H and O–H groups in total. The summed E-state index contributed by atoms with van der Waals surface area (Å²) in [5, 5.41) is 0. The molecule has 1 aliphatic carbocycles. The number of ketones is 1. The first-order chi connectivity index (χ1) is 5.86.